The van der Waals surface area contributed by atoms with E-state index >= 15 is 0 Å². The molecule has 1 N–H and O–H groups in total. The van der Waals surface area contributed by atoms with E-state index in [2.05, 4.69) is 20.1 Å². The number of thiazole rings is 1. The minimum absolute atomic E-state index is 0.0761. The third-order valence-electron chi connectivity index (χ3n) is 3.10. The number of alkyl halides is 2. The number of hydrogen-bond acceptors (Lipinski definition) is 5. The number of aryl methyl sites for hydroxylation is 1. The monoisotopic (exact) mass is 476 g/mol. The maximum atomic E-state index is 12.2. The Bertz CT molecular complexity index is 895. The number of hydrogen-bond donors (Lipinski definition) is 1. The average molecular weight is 476 g/mol. The molecule has 3 aromatic rings. The lowest BCUT2D eigenvalue weighted by atomic mass is 10.2. The Labute approximate surface area is 159 Å². The van der Waals surface area contributed by atoms with Gasteiger partial charge in [0.15, 0.2) is 10.8 Å². The van der Waals surface area contributed by atoms with Crippen LogP contribution in [0.2, 0.25) is 0 Å². The fourth-order valence-electron chi connectivity index (χ4n) is 2.04. The van der Waals surface area contributed by atoms with Gasteiger partial charge in [0.05, 0.1) is 9.26 Å². The van der Waals surface area contributed by atoms with Crippen LogP contribution in [0.4, 0.5) is 13.9 Å². The number of nitrogens with one attached hydrogen (secondary N) is 1. The molecule has 0 bridgehead atoms. The zero-order valence-electron chi connectivity index (χ0n) is 12.7. The molecule has 0 unspecified atom stereocenters. The van der Waals surface area contributed by atoms with E-state index in [1.165, 1.54) is 23.5 Å². The van der Waals surface area contributed by atoms with Crippen molar-refractivity contribution in [2.24, 2.45) is 7.05 Å². The highest BCUT2D eigenvalue weighted by atomic mass is 127. The molecule has 0 atom stereocenters. The van der Waals surface area contributed by atoms with Gasteiger partial charge in [-0.3, -0.25) is 14.8 Å². The van der Waals surface area contributed by atoms with Crippen LogP contribution < -0.4 is 10.1 Å². The van der Waals surface area contributed by atoms with E-state index in [0.717, 1.165) is 9.13 Å². The van der Waals surface area contributed by atoms with Crippen LogP contribution in [0.5, 0.6) is 5.75 Å². The Morgan fingerprint density at radius 3 is 2.68 bits per heavy atom. The summed E-state index contributed by atoms with van der Waals surface area (Å²) in [7, 11) is 1.74. The average Bonchev–Trinajstić information content (AvgIpc) is 3.14. The number of benzene rings is 1. The molecule has 0 aliphatic heterocycles. The zero-order valence-corrected chi connectivity index (χ0v) is 15.7. The first-order chi connectivity index (χ1) is 11.9. The van der Waals surface area contributed by atoms with E-state index in [-0.39, 0.29) is 11.7 Å². The predicted octanol–water partition coefficient (Wildman–Crippen LogP) is 4.00. The van der Waals surface area contributed by atoms with Gasteiger partial charge in [0.2, 0.25) is 0 Å². The van der Waals surface area contributed by atoms with Crippen LogP contribution in [0.3, 0.4) is 0 Å². The lowest BCUT2D eigenvalue weighted by molar-refractivity contribution is -0.0498. The zero-order chi connectivity index (χ0) is 18.0. The van der Waals surface area contributed by atoms with E-state index in [4.69, 9.17) is 0 Å². The van der Waals surface area contributed by atoms with Crippen LogP contribution in [0.15, 0.2) is 35.8 Å². The Kier molecular flexibility index (Phi) is 5.27. The van der Waals surface area contributed by atoms with Crippen LogP contribution in [-0.2, 0) is 7.05 Å². The van der Waals surface area contributed by atoms with Crippen LogP contribution in [0.1, 0.15) is 10.5 Å². The summed E-state index contributed by atoms with van der Waals surface area (Å²) in [5, 5.41) is 9.00. The van der Waals surface area contributed by atoms with Crippen molar-refractivity contribution >= 4 is 45.0 Å². The molecule has 1 amide bonds. The van der Waals surface area contributed by atoms with Gasteiger partial charge in [-0.05, 0) is 46.9 Å². The molecule has 2 heterocycles. The van der Waals surface area contributed by atoms with E-state index in [1.54, 1.807) is 35.4 Å². The first-order valence-electron chi connectivity index (χ1n) is 6.93. The summed E-state index contributed by atoms with van der Waals surface area (Å²) in [6.07, 6.45) is 1.74. The summed E-state index contributed by atoms with van der Waals surface area (Å²) in [6.45, 7) is -2.86. The number of carbonyl (C=O) groups is 1. The van der Waals surface area contributed by atoms with E-state index in [1.807, 2.05) is 22.6 Å². The predicted molar refractivity (Wildman–Crippen MR) is 98.1 cm³/mol. The van der Waals surface area contributed by atoms with Crippen LogP contribution in [-0.4, -0.2) is 27.3 Å². The standard InChI is InChI=1S/C15H11F2IN4O2S/c1-22-6-10(18)12(21-22)13(23)20-15-19-11(7-25-15)8-2-4-9(5-3-8)24-14(16)17/h2-7,14H,1H3,(H,19,20,23). The van der Waals surface area contributed by atoms with E-state index in [9.17, 15) is 13.6 Å². The highest BCUT2D eigenvalue weighted by molar-refractivity contribution is 14.1. The molecule has 130 valence electrons. The summed E-state index contributed by atoms with van der Waals surface area (Å²) in [5.41, 5.74) is 1.68. The largest absolute Gasteiger partial charge is 0.435 e. The van der Waals surface area contributed by atoms with Gasteiger partial charge in [0.25, 0.3) is 5.91 Å². The van der Waals surface area contributed by atoms with Crippen molar-refractivity contribution < 1.29 is 18.3 Å². The molecule has 2 aromatic heterocycles. The first kappa shape index (κ1) is 17.7. The number of nitrogens with zero attached hydrogens (tertiary/aromatic N) is 3. The Hall–Kier alpha value is -2.08. The van der Waals surface area contributed by atoms with Gasteiger partial charge in [-0.2, -0.15) is 13.9 Å². The van der Waals surface area contributed by atoms with Gasteiger partial charge in [0, 0.05) is 24.2 Å². The quantitative estimate of drug-likeness (QED) is 0.566. The second kappa shape index (κ2) is 7.44. The molecule has 0 fully saturated rings. The van der Waals surface area contributed by atoms with Crippen LogP contribution in [0, 0.1) is 3.57 Å². The van der Waals surface area contributed by atoms with Gasteiger partial charge in [0.1, 0.15) is 5.75 Å². The molecule has 10 heteroatoms. The van der Waals surface area contributed by atoms with Gasteiger partial charge >= 0.3 is 6.61 Å². The van der Waals surface area contributed by atoms with Crippen LogP contribution in [0.25, 0.3) is 11.3 Å². The summed E-state index contributed by atoms with van der Waals surface area (Å²) in [5.74, 6) is -0.265. The molecule has 25 heavy (non-hydrogen) atoms. The summed E-state index contributed by atoms with van der Waals surface area (Å²) >= 11 is 3.30. The van der Waals surface area contributed by atoms with Gasteiger partial charge in [-0.1, -0.05) is 0 Å². The van der Waals surface area contributed by atoms with Crippen molar-refractivity contribution in [1.29, 1.82) is 0 Å². The lowest BCUT2D eigenvalue weighted by Crippen LogP contribution is -2.14. The molecule has 1 aromatic carbocycles. The highest BCUT2D eigenvalue weighted by Crippen LogP contribution is 2.27. The summed E-state index contributed by atoms with van der Waals surface area (Å²) in [6, 6.07) is 6.13. The van der Waals surface area contributed by atoms with E-state index < -0.39 is 6.61 Å². The van der Waals surface area contributed by atoms with Crippen molar-refractivity contribution in [2.45, 2.75) is 6.61 Å². The molecule has 0 radical (unpaired) electrons. The second-order valence-electron chi connectivity index (χ2n) is 4.89. The van der Waals surface area contributed by atoms with Gasteiger partial charge in [-0.25, -0.2) is 4.98 Å². The smallest absolute Gasteiger partial charge is 0.387 e. The third kappa shape index (κ3) is 4.31. The second-order valence-corrected chi connectivity index (χ2v) is 6.91. The number of carbonyl (C=O) groups excluding carboxylic acids is 1. The molecule has 0 aliphatic carbocycles. The molecule has 0 aliphatic rings. The van der Waals surface area contributed by atoms with Crippen molar-refractivity contribution in [2.75, 3.05) is 5.32 Å². The molecule has 6 nitrogen and oxygen atoms in total. The third-order valence-corrected chi connectivity index (χ3v) is 4.65. The minimum Gasteiger partial charge on any atom is -0.435 e. The Morgan fingerprint density at radius 1 is 1.36 bits per heavy atom. The van der Waals surface area contributed by atoms with Crippen molar-refractivity contribution in [3.63, 3.8) is 0 Å². The Balaban J connectivity index is 1.72. The number of rotatable bonds is 5. The molecule has 0 saturated heterocycles. The SMILES string of the molecule is Cn1cc(I)c(C(=O)Nc2nc(-c3ccc(OC(F)F)cc3)cs2)n1. The number of ether oxygens (including phenoxy) is 1. The van der Waals surface area contributed by atoms with Crippen molar-refractivity contribution in [3.05, 3.63) is 45.1 Å². The fraction of sp³-hybridized carbons (Fsp3) is 0.133. The molecule has 0 spiro atoms. The molecular weight excluding hydrogens is 465 g/mol. The first-order valence-corrected chi connectivity index (χ1v) is 8.89. The highest BCUT2D eigenvalue weighted by Gasteiger charge is 2.16. The van der Waals surface area contributed by atoms with Crippen molar-refractivity contribution in [1.82, 2.24) is 14.8 Å². The van der Waals surface area contributed by atoms with Gasteiger partial charge in [-0.15, -0.1) is 11.3 Å². The number of anilines is 1. The molecule has 3 rings (SSSR count). The Morgan fingerprint density at radius 2 is 2.08 bits per heavy atom. The molecular formula is C15H11F2IN4O2S. The van der Waals surface area contributed by atoms with E-state index in [0.29, 0.717) is 16.5 Å². The minimum atomic E-state index is -2.86. The topological polar surface area (TPSA) is 69.0 Å². The van der Waals surface area contributed by atoms with Crippen LogP contribution >= 0.6 is 33.9 Å². The lowest BCUT2D eigenvalue weighted by Gasteiger charge is -2.04. The summed E-state index contributed by atoms with van der Waals surface area (Å²) in [4.78, 5) is 16.6. The fourth-order valence-corrected chi connectivity index (χ4v) is 3.51. The summed E-state index contributed by atoms with van der Waals surface area (Å²) < 4.78 is 30.9. The number of halogens is 3. The number of amides is 1. The normalized spacial score (nSPS) is 10.9. The molecule has 0 saturated carbocycles. The van der Waals surface area contributed by atoms with Crippen molar-refractivity contribution in [3.8, 4) is 17.0 Å². The number of aromatic nitrogens is 3. The maximum absolute atomic E-state index is 12.2. The maximum Gasteiger partial charge on any atom is 0.387 e. The van der Waals surface area contributed by atoms with Gasteiger partial charge < -0.3 is 4.74 Å².